The molecule has 2 heterocycles. The number of carbonyl (C=O) groups excluding carboxylic acids is 1. The van der Waals surface area contributed by atoms with Crippen LogP contribution < -0.4 is 5.43 Å². The minimum atomic E-state index is -0.507. The number of hydrogen-bond donors (Lipinski definition) is 1. The Kier molecular flexibility index (Phi) is 4.95. The molecule has 0 atom stereocenters. The molecule has 8 nitrogen and oxygen atoms in total. The van der Waals surface area contributed by atoms with Crippen LogP contribution >= 0.6 is 0 Å². The van der Waals surface area contributed by atoms with E-state index in [2.05, 4.69) is 10.5 Å². The molecule has 1 amide bonds. The molecule has 1 N–H and O–H groups in total. The molecule has 0 saturated heterocycles. The fourth-order valence-corrected chi connectivity index (χ4v) is 3.68. The molecule has 0 aliphatic carbocycles. The van der Waals surface area contributed by atoms with E-state index in [0.29, 0.717) is 22.7 Å². The number of hydrazone groups is 1. The van der Waals surface area contributed by atoms with E-state index >= 15 is 0 Å². The second kappa shape index (κ2) is 8.08. The molecule has 0 unspecified atom stereocenters. The van der Waals surface area contributed by atoms with Crippen molar-refractivity contribution in [3.63, 3.8) is 0 Å². The lowest BCUT2D eigenvalue weighted by Gasteiger charge is -2.01. The van der Waals surface area contributed by atoms with Gasteiger partial charge in [-0.2, -0.15) is 5.10 Å². The molecule has 3 aromatic carbocycles. The summed E-state index contributed by atoms with van der Waals surface area (Å²) in [5, 5.41) is 18.2. The van der Waals surface area contributed by atoms with Gasteiger partial charge in [0.15, 0.2) is 5.76 Å². The van der Waals surface area contributed by atoms with Crippen molar-refractivity contribution in [1.29, 1.82) is 0 Å². The van der Waals surface area contributed by atoms with Crippen molar-refractivity contribution in [2.24, 2.45) is 5.10 Å². The summed E-state index contributed by atoms with van der Waals surface area (Å²) in [6.07, 6.45) is 1.32. The smallest absolute Gasteiger partial charge is 0.307 e. The van der Waals surface area contributed by atoms with Crippen LogP contribution in [0.1, 0.15) is 21.9 Å². The standard InChI is InChI=1S/C25H17N3O5/c1-15-6-9-19(21(12-15)28(30)31)22-11-8-17(32-22)14-26-27-25(29)24-13-20-18-5-3-2-4-16(18)7-10-23(20)33-24/h2-14H,1H3,(H,27,29)/b26-14+. The van der Waals surface area contributed by atoms with Gasteiger partial charge in [0.1, 0.15) is 17.1 Å². The molecule has 33 heavy (non-hydrogen) atoms. The molecular weight excluding hydrogens is 422 g/mol. The molecule has 5 rings (SSSR count). The predicted molar refractivity (Wildman–Crippen MR) is 124 cm³/mol. The van der Waals surface area contributed by atoms with Gasteiger partial charge in [0.05, 0.1) is 16.7 Å². The quantitative estimate of drug-likeness (QED) is 0.210. The molecule has 0 spiro atoms. The summed E-state index contributed by atoms with van der Waals surface area (Å²) in [6, 6.07) is 21.4. The number of amides is 1. The van der Waals surface area contributed by atoms with Gasteiger partial charge in [-0.3, -0.25) is 14.9 Å². The number of nitro benzene ring substituents is 1. The van der Waals surface area contributed by atoms with Gasteiger partial charge in [-0.25, -0.2) is 5.43 Å². The number of rotatable bonds is 5. The third-order valence-electron chi connectivity index (χ3n) is 5.25. The predicted octanol–water partition coefficient (Wildman–Crippen LogP) is 5.83. The van der Waals surface area contributed by atoms with Gasteiger partial charge in [-0.1, -0.05) is 36.4 Å². The lowest BCUT2D eigenvalue weighted by Crippen LogP contribution is -2.16. The monoisotopic (exact) mass is 439 g/mol. The number of hydrogen-bond acceptors (Lipinski definition) is 6. The van der Waals surface area contributed by atoms with Gasteiger partial charge in [0.2, 0.25) is 0 Å². The Hall–Kier alpha value is -4.72. The largest absolute Gasteiger partial charge is 0.455 e. The average molecular weight is 439 g/mol. The Morgan fingerprint density at radius 3 is 2.70 bits per heavy atom. The summed E-state index contributed by atoms with van der Waals surface area (Å²) in [6.45, 7) is 1.78. The lowest BCUT2D eigenvalue weighted by atomic mass is 10.1. The first-order valence-corrected chi connectivity index (χ1v) is 10.1. The minimum Gasteiger partial charge on any atom is -0.455 e. The first-order chi connectivity index (χ1) is 16.0. The van der Waals surface area contributed by atoms with Gasteiger partial charge in [-0.05, 0) is 53.6 Å². The van der Waals surface area contributed by atoms with Crippen molar-refractivity contribution in [3.8, 4) is 11.3 Å². The Bertz CT molecular complexity index is 1560. The summed E-state index contributed by atoms with van der Waals surface area (Å²) < 4.78 is 11.3. The van der Waals surface area contributed by atoms with Crippen LogP contribution in [-0.2, 0) is 0 Å². The zero-order valence-corrected chi connectivity index (χ0v) is 17.4. The molecular formula is C25H17N3O5. The van der Waals surface area contributed by atoms with Crippen LogP contribution in [0.5, 0.6) is 0 Å². The van der Waals surface area contributed by atoms with Crippen molar-refractivity contribution in [2.45, 2.75) is 6.92 Å². The van der Waals surface area contributed by atoms with E-state index in [1.807, 2.05) is 36.4 Å². The summed E-state index contributed by atoms with van der Waals surface area (Å²) >= 11 is 0. The first-order valence-electron chi connectivity index (χ1n) is 10.1. The van der Waals surface area contributed by atoms with Crippen LogP contribution in [0.4, 0.5) is 5.69 Å². The zero-order valence-electron chi connectivity index (χ0n) is 17.4. The van der Waals surface area contributed by atoms with E-state index in [4.69, 9.17) is 8.83 Å². The van der Waals surface area contributed by atoms with E-state index in [-0.39, 0.29) is 11.4 Å². The molecule has 162 valence electrons. The highest BCUT2D eigenvalue weighted by Crippen LogP contribution is 2.32. The van der Waals surface area contributed by atoms with E-state index in [0.717, 1.165) is 21.7 Å². The number of aryl methyl sites for hydroxylation is 1. The maximum atomic E-state index is 12.5. The molecule has 0 saturated carbocycles. The molecule has 0 radical (unpaired) electrons. The second-order valence-corrected chi connectivity index (χ2v) is 7.49. The van der Waals surface area contributed by atoms with Gasteiger partial charge >= 0.3 is 5.91 Å². The Balaban J connectivity index is 1.34. The number of nitrogens with one attached hydrogen (secondary N) is 1. The number of benzene rings is 3. The maximum Gasteiger partial charge on any atom is 0.307 e. The second-order valence-electron chi connectivity index (χ2n) is 7.49. The fourth-order valence-electron chi connectivity index (χ4n) is 3.68. The Labute approximate surface area is 187 Å². The summed E-state index contributed by atoms with van der Waals surface area (Å²) in [7, 11) is 0. The van der Waals surface area contributed by atoms with Crippen LogP contribution in [0.15, 0.2) is 86.7 Å². The lowest BCUT2D eigenvalue weighted by molar-refractivity contribution is -0.384. The summed E-state index contributed by atoms with van der Waals surface area (Å²) in [4.78, 5) is 23.4. The van der Waals surface area contributed by atoms with E-state index in [9.17, 15) is 14.9 Å². The summed E-state index contributed by atoms with van der Waals surface area (Å²) in [5.74, 6) is 0.288. The molecule has 0 aliphatic rings. The number of furan rings is 2. The molecule has 2 aromatic heterocycles. The van der Waals surface area contributed by atoms with Crippen molar-refractivity contribution in [3.05, 3.63) is 100.0 Å². The van der Waals surface area contributed by atoms with Crippen molar-refractivity contribution in [1.82, 2.24) is 5.43 Å². The topological polar surface area (TPSA) is 111 Å². The summed E-state index contributed by atoms with van der Waals surface area (Å²) in [5.41, 5.74) is 4.12. The third-order valence-corrected chi connectivity index (χ3v) is 5.25. The molecule has 0 aliphatic heterocycles. The van der Waals surface area contributed by atoms with Gasteiger partial charge in [0.25, 0.3) is 5.69 Å². The van der Waals surface area contributed by atoms with E-state index < -0.39 is 10.8 Å². The molecule has 8 heteroatoms. The van der Waals surface area contributed by atoms with Crippen LogP contribution in [0, 0.1) is 17.0 Å². The Morgan fingerprint density at radius 1 is 1.00 bits per heavy atom. The SMILES string of the molecule is Cc1ccc(-c2ccc(/C=N/NC(=O)c3cc4c(ccc5ccccc54)o3)o2)c([N+](=O)[O-])c1. The van der Waals surface area contributed by atoms with Crippen LogP contribution in [0.2, 0.25) is 0 Å². The highest BCUT2D eigenvalue weighted by atomic mass is 16.6. The van der Waals surface area contributed by atoms with Gasteiger partial charge in [-0.15, -0.1) is 0 Å². The van der Waals surface area contributed by atoms with Crippen molar-refractivity contribution in [2.75, 3.05) is 0 Å². The maximum absolute atomic E-state index is 12.5. The molecule has 5 aromatic rings. The number of nitro groups is 1. The van der Waals surface area contributed by atoms with Gasteiger partial charge < -0.3 is 8.83 Å². The fraction of sp³-hybridized carbons (Fsp3) is 0.0400. The van der Waals surface area contributed by atoms with Crippen LogP contribution in [-0.4, -0.2) is 17.0 Å². The minimum absolute atomic E-state index is 0.0430. The third kappa shape index (κ3) is 3.85. The number of nitrogens with zero attached hydrogens (tertiary/aromatic N) is 2. The van der Waals surface area contributed by atoms with E-state index in [1.54, 1.807) is 37.3 Å². The number of carbonyl (C=O) groups is 1. The van der Waals surface area contributed by atoms with Crippen molar-refractivity contribution < 1.29 is 18.6 Å². The molecule has 0 bridgehead atoms. The van der Waals surface area contributed by atoms with Crippen molar-refractivity contribution >= 4 is 39.6 Å². The van der Waals surface area contributed by atoms with Crippen LogP contribution in [0.25, 0.3) is 33.1 Å². The average Bonchev–Trinajstić information content (AvgIpc) is 3.46. The highest BCUT2D eigenvalue weighted by molar-refractivity contribution is 6.08. The first kappa shape index (κ1) is 20.2. The zero-order chi connectivity index (χ0) is 22.9. The number of fused-ring (bicyclic) bond motifs is 3. The highest BCUT2D eigenvalue weighted by Gasteiger charge is 2.18. The van der Waals surface area contributed by atoms with Gasteiger partial charge in [0, 0.05) is 11.5 Å². The van der Waals surface area contributed by atoms with E-state index in [1.165, 1.54) is 12.3 Å². The Morgan fingerprint density at radius 2 is 1.85 bits per heavy atom. The normalized spacial score (nSPS) is 11.4. The van der Waals surface area contributed by atoms with Crippen LogP contribution in [0.3, 0.4) is 0 Å². The molecule has 0 fully saturated rings.